The highest BCUT2D eigenvalue weighted by molar-refractivity contribution is 9.10. The Balaban J connectivity index is 2.64. The Morgan fingerprint density at radius 1 is 1.37 bits per heavy atom. The van der Waals surface area contributed by atoms with E-state index in [1.807, 2.05) is 0 Å². The zero-order chi connectivity index (χ0) is 14.3. The molecule has 1 heterocycles. The largest absolute Gasteiger partial charge is 0.262 e. The van der Waals surface area contributed by atoms with Gasteiger partial charge < -0.3 is 0 Å². The second-order valence-corrected chi connectivity index (χ2v) is 7.29. The molecule has 0 fully saturated rings. The van der Waals surface area contributed by atoms with Crippen LogP contribution in [0, 0.1) is 5.92 Å². The summed E-state index contributed by atoms with van der Waals surface area (Å²) in [7, 11) is -3.46. The summed E-state index contributed by atoms with van der Waals surface area (Å²) in [4.78, 5) is 4.08. The van der Waals surface area contributed by atoms with Crippen molar-refractivity contribution < 1.29 is 8.42 Å². The van der Waals surface area contributed by atoms with Gasteiger partial charge in [-0.15, -0.1) is 0 Å². The summed E-state index contributed by atoms with van der Waals surface area (Å²) in [5, 5.41) is 0. The lowest BCUT2D eigenvalue weighted by Gasteiger charge is -2.15. The molecule has 0 radical (unpaired) electrons. The molecule has 0 saturated heterocycles. The third-order valence-electron chi connectivity index (χ3n) is 3.10. The van der Waals surface area contributed by atoms with E-state index in [1.54, 1.807) is 12.3 Å². The molecule has 0 aliphatic rings. The number of unbranched alkanes of at least 4 members (excludes halogenated alkanes) is 1. The molecule has 1 N–H and O–H groups in total. The summed E-state index contributed by atoms with van der Waals surface area (Å²) in [6.45, 7) is 4.73. The molecule has 108 valence electrons. The molecule has 1 aromatic rings. The SMILES string of the molecule is CCCCC(CC)CNS(=O)(=O)c1cncc(Br)c1. The summed E-state index contributed by atoms with van der Waals surface area (Å²) in [5.41, 5.74) is 0. The molecule has 1 rings (SSSR count). The van der Waals surface area contributed by atoms with Crippen LogP contribution in [0.15, 0.2) is 27.8 Å². The molecule has 0 aromatic carbocycles. The first-order valence-electron chi connectivity index (χ1n) is 6.59. The molecular formula is C13H21BrN2O2S. The van der Waals surface area contributed by atoms with Gasteiger partial charge in [0.25, 0.3) is 0 Å². The van der Waals surface area contributed by atoms with Crippen LogP contribution in [-0.4, -0.2) is 19.9 Å². The first kappa shape index (κ1) is 16.6. The molecule has 4 nitrogen and oxygen atoms in total. The lowest BCUT2D eigenvalue weighted by atomic mass is 10.00. The minimum Gasteiger partial charge on any atom is -0.262 e. The quantitative estimate of drug-likeness (QED) is 0.783. The zero-order valence-corrected chi connectivity index (χ0v) is 13.8. The normalized spacial score (nSPS) is 13.4. The number of aromatic nitrogens is 1. The lowest BCUT2D eigenvalue weighted by molar-refractivity contribution is 0.443. The number of hydrogen-bond acceptors (Lipinski definition) is 3. The molecule has 6 heteroatoms. The Morgan fingerprint density at radius 3 is 2.68 bits per heavy atom. The van der Waals surface area contributed by atoms with E-state index in [0.717, 1.165) is 25.7 Å². The number of nitrogens with zero attached hydrogens (tertiary/aromatic N) is 1. The molecule has 0 amide bonds. The fourth-order valence-electron chi connectivity index (χ4n) is 1.79. The highest BCUT2D eigenvalue weighted by Gasteiger charge is 2.16. The second kappa shape index (κ2) is 7.97. The first-order valence-corrected chi connectivity index (χ1v) is 8.87. The molecule has 0 aliphatic heterocycles. The van der Waals surface area contributed by atoms with Crippen molar-refractivity contribution in [2.45, 2.75) is 44.4 Å². The highest BCUT2D eigenvalue weighted by Crippen LogP contribution is 2.16. The van der Waals surface area contributed by atoms with E-state index in [2.05, 4.69) is 39.5 Å². The van der Waals surface area contributed by atoms with Gasteiger partial charge >= 0.3 is 0 Å². The van der Waals surface area contributed by atoms with Crippen molar-refractivity contribution in [2.24, 2.45) is 5.92 Å². The minimum atomic E-state index is -3.46. The third-order valence-corrected chi connectivity index (χ3v) is 4.92. The fourth-order valence-corrected chi connectivity index (χ4v) is 3.41. The lowest BCUT2D eigenvalue weighted by Crippen LogP contribution is -2.29. The van der Waals surface area contributed by atoms with Crippen LogP contribution >= 0.6 is 15.9 Å². The molecule has 0 spiro atoms. The molecule has 0 bridgehead atoms. The molecule has 19 heavy (non-hydrogen) atoms. The predicted octanol–water partition coefficient (Wildman–Crippen LogP) is 3.34. The maximum Gasteiger partial charge on any atom is 0.242 e. The number of pyridine rings is 1. The number of hydrogen-bond donors (Lipinski definition) is 1. The van der Waals surface area contributed by atoms with Crippen molar-refractivity contribution in [3.63, 3.8) is 0 Å². The first-order chi connectivity index (χ1) is 8.99. The van der Waals surface area contributed by atoms with Gasteiger partial charge in [0.1, 0.15) is 4.90 Å². The van der Waals surface area contributed by atoms with Gasteiger partial charge in [0.2, 0.25) is 10.0 Å². The van der Waals surface area contributed by atoms with E-state index in [4.69, 9.17) is 0 Å². The number of sulfonamides is 1. The summed E-state index contributed by atoms with van der Waals surface area (Å²) in [6.07, 6.45) is 7.25. The molecular weight excluding hydrogens is 328 g/mol. The van der Waals surface area contributed by atoms with Crippen LogP contribution in [0.25, 0.3) is 0 Å². The average Bonchev–Trinajstić information content (AvgIpc) is 2.39. The fraction of sp³-hybridized carbons (Fsp3) is 0.615. The maximum absolute atomic E-state index is 12.1. The standard InChI is InChI=1S/C13H21BrN2O2S/c1-3-5-6-11(4-2)8-16-19(17,18)13-7-12(14)9-15-10-13/h7,9-11,16H,3-6,8H2,1-2H3. The highest BCUT2D eigenvalue weighted by atomic mass is 79.9. The van der Waals surface area contributed by atoms with E-state index in [1.165, 1.54) is 6.20 Å². The van der Waals surface area contributed by atoms with Crippen molar-refractivity contribution in [1.82, 2.24) is 9.71 Å². The summed E-state index contributed by atoms with van der Waals surface area (Å²) < 4.78 is 27.5. The smallest absolute Gasteiger partial charge is 0.242 e. The average molecular weight is 349 g/mol. The van der Waals surface area contributed by atoms with Gasteiger partial charge in [0.15, 0.2) is 0 Å². The molecule has 1 unspecified atom stereocenters. The molecule has 0 aliphatic carbocycles. The van der Waals surface area contributed by atoms with Gasteiger partial charge in [-0.05, 0) is 34.3 Å². The summed E-state index contributed by atoms with van der Waals surface area (Å²) in [6, 6.07) is 1.56. The van der Waals surface area contributed by atoms with Crippen LogP contribution in [0.2, 0.25) is 0 Å². The Kier molecular flexibility index (Phi) is 6.96. The number of halogens is 1. The minimum absolute atomic E-state index is 0.201. The van der Waals surface area contributed by atoms with E-state index in [-0.39, 0.29) is 4.90 Å². The van der Waals surface area contributed by atoms with Crippen molar-refractivity contribution >= 4 is 26.0 Å². The Labute approximate surface area is 124 Å². The van der Waals surface area contributed by atoms with Crippen molar-refractivity contribution in [2.75, 3.05) is 6.54 Å². The van der Waals surface area contributed by atoms with Crippen LogP contribution in [-0.2, 0) is 10.0 Å². The summed E-state index contributed by atoms with van der Waals surface area (Å²) >= 11 is 3.23. The van der Waals surface area contributed by atoms with E-state index in [0.29, 0.717) is 16.9 Å². The topological polar surface area (TPSA) is 59.1 Å². The van der Waals surface area contributed by atoms with Gasteiger partial charge in [-0.1, -0.05) is 33.1 Å². The van der Waals surface area contributed by atoms with Crippen molar-refractivity contribution in [3.8, 4) is 0 Å². The zero-order valence-electron chi connectivity index (χ0n) is 11.4. The van der Waals surface area contributed by atoms with E-state index >= 15 is 0 Å². The van der Waals surface area contributed by atoms with Gasteiger partial charge in [-0.25, -0.2) is 13.1 Å². The molecule has 1 aromatic heterocycles. The summed E-state index contributed by atoms with van der Waals surface area (Å²) in [5.74, 6) is 0.398. The van der Waals surface area contributed by atoms with Crippen molar-refractivity contribution in [1.29, 1.82) is 0 Å². The third kappa shape index (κ3) is 5.58. The van der Waals surface area contributed by atoms with Crippen molar-refractivity contribution in [3.05, 3.63) is 22.9 Å². The monoisotopic (exact) mass is 348 g/mol. The Morgan fingerprint density at radius 2 is 2.11 bits per heavy atom. The van der Waals surface area contributed by atoms with Gasteiger partial charge in [-0.2, -0.15) is 0 Å². The van der Waals surface area contributed by atoms with Crippen LogP contribution in [0.3, 0.4) is 0 Å². The van der Waals surface area contributed by atoms with Crippen LogP contribution in [0.1, 0.15) is 39.5 Å². The number of rotatable bonds is 8. The molecule has 1 atom stereocenters. The number of nitrogens with one attached hydrogen (secondary N) is 1. The van der Waals surface area contributed by atoms with Crippen LogP contribution in [0.5, 0.6) is 0 Å². The molecule has 0 saturated carbocycles. The van der Waals surface area contributed by atoms with Crippen LogP contribution in [0.4, 0.5) is 0 Å². The van der Waals surface area contributed by atoms with Crippen LogP contribution < -0.4 is 4.72 Å². The Hall–Kier alpha value is -0.460. The van der Waals surface area contributed by atoms with Gasteiger partial charge in [-0.3, -0.25) is 4.98 Å². The Bertz CT molecular complexity index is 491. The maximum atomic E-state index is 12.1. The second-order valence-electron chi connectivity index (χ2n) is 4.61. The van der Waals surface area contributed by atoms with E-state index in [9.17, 15) is 8.42 Å². The van der Waals surface area contributed by atoms with Gasteiger partial charge in [0, 0.05) is 23.4 Å². The van der Waals surface area contributed by atoms with Gasteiger partial charge in [0.05, 0.1) is 0 Å². The van der Waals surface area contributed by atoms with E-state index < -0.39 is 10.0 Å². The predicted molar refractivity (Wildman–Crippen MR) is 80.4 cm³/mol.